The van der Waals surface area contributed by atoms with Crippen LogP contribution in [-0.4, -0.2) is 54.5 Å². The van der Waals surface area contributed by atoms with Crippen molar-refractivity contribution >= 4 is 32.8 Å². The fourth-order valence-electron chi connectivity index (χ4n) is 2.97. The lowest BCUT2D eigenvalue weighted by Crippen LogP contribution is -2.15. The minimum absolute atomic E-state index is 0.393. The molecule has 0 radical (unpaired) electrons. The molecule has 0 aliphatic heterocycles. The number of ether oxygens (including phenoxy) is 3. The Balaban J connectivity index is 2.27. The van der Waals surface area contributed by atoms with E-state index in [0.717, 1.165) is 11.3 Å². The molecule has 8 heteroatoms. The summed E-state index contributed by atoms with van der Waals surface area (Å²) in [6, 6.07) is 9.41. The van der Waals surface area contributed by atoms with Gasteiger partial charge in [0.2, 0.25) is 0 Å². The van der Waals surface area contributed by atoms with Gasteiger partial charge >= 0.3 is 0 Å². The second kappa shape index (κ2) is 7.71. The predicted octanol–water partition coefficient (Wildman–Crippen LogP) is 2.44. The zero-order valence-electron chi connectivity index (χ0n) is 15.8. The lowest BCUT2D eigenvalue weighted by atomic mass is 10.1. The van der Waals surface area contributed by atoms with Crippen LogP contribution in [0.15, 0.2) is 30.3 Å². The molecule has 0 amide bonds. The molecule has 0 spiro atoms. The first-order valence-electron chi connectivity index (χ1n) is 8.18. The van der Waals surface area contributed by atoms with E-state index in [1.807, 2.05) is 43.3 Å². The average molecular weight is 387 g/mol. The number of methoxy groups -OCH3 is 3. The van der Waals surface area contributed by atoms with Crippen LogP contribution in [0.4, 0.5) is 5.69 Å². The van der Waals surface area contributed by atoms with E-state index in [1.165, 1.54) is 0 Å². The third-order valence-corrected chi connectivity index (χ3v) is 4.80. The van der Waals surface area contributed by atoms with E-state index in [9.17, 15) is 4.21 Å². The maximum Gasteiger partial charge on any atom is 0.189 e. The monoisotopic (exact) mass is 387 g/mol. The highest BCUT2D eigenvalue weighted by molar-refractivity contribution is 7.67. The maximum atomic E-state index is 12.0. The van der Waals surface area contributed by atoms with Crippen molar-refractivity contribution in [2.75, 3.05) is 40.3 Å². The molecule has 0 saturated heterocycles. The smallest absolute Gasteiger partial charge is 0.189 e. The van der Waals surface area contributed by atoms with E-state index in [-0.39, 0.29) is 0 Å². The fourth-order valence-corrected chi connectivity index (χ4v) is 3.41. The summed E-state index contributed by atoms with van der Waals surface area (Å²) in [6.45, 7) is 0. The number of nitrogens with zero attached hydrogens (tertiary/aromatic N) is 2. The van der Waals surface area contributed by atoms with Gasteiger partial charge in [-0.05, 0) is 6.07 Å². The van der Waals surface area contributed by atoms with Gasteiger partial charge in [-0.1, -0.05) is 18.2 Å². The molecule has 0 unspecified atom stereocenters. The minimum atomic E-state index is 0.393. The maximum absolute atomic E-state index is 12.0. The van der Waals surface area contributed by atoms with Gasteiger partial charge in [-0.2, -0.15) is 0 Å². The Morgan fingerprint density at radius 3 is 2.37 bits per heavy atom. The molecule has 0 aliphatic carbocycles. The van der Waals surface area contributed by atoms with Crippen LogP contribution in [0, 0.1) is 0 Å². The summed E-state index contributed by atoms with van der Waals surface area (Å²) < 4.78 is 28.3. The summed E-state index contributed by atoms with van der Waals surface area (Å²) in [5.74, 6) is 1.98. The molecule has 1 heterocycles. The number of aromatic amines is 1. The van der Waals surface area contributed by atoms with Gasteiger partial charge in [0.15, 0.2) is 17.3 Å². The Morgan fingerprint density at radius 1 is 1.07 bits per heavy atom. The highest BCUT2D eigenvalue weighted by Crippen LogP contribution is 2.40. The van der Waals surface area contributed by atoms with Crippen LogP contribution in [0.5, 0.6) is 17.2 Å². The third kappa shape index (κ3) is 3.23. The highest BCUT2D eigenvalue weighted by Gasteiger charge is 2.22. The number of fused-ring (bicyclic) bond motifs is 1. The topological polar surface area (TPSA) is 76.7 Å². The molecule has 0 aliphatic rings. The van der Waals surface area contributed by atoms with Crippen LogP contribution in [0.25, 0.3) is 11.0 Å². The van der Waals surface area contributed by atoms with Gasteiger partial charge in [0.1, 0.15) is 32.9 Å². The molecule has 3 rings (SSSR count). The minimum Gasteiger partial charge on any atom is -0.494 e. The zero-order valence-corrected chi connectivity index (χ0v) is 16.6. The van der Waals surface area contributed by atoms with E-state index in [4.69, 9.17) is 14.2 Å². The molecule has 142 valence electrons. The van der Waals surface area contributed by atoms with E-state index >= 15 is 0 Å². The van der Waals surface area contributed by atoms with Crippen molar-refractivity contribution in [1.29, 1.82) is 0 Å². The summed E-state index contributed by atoms with van der Waals surface area (Å²) in [6.07, 6.45) is 0. The van der Waals surface area contributed by atoms with Crippen molar-refractivity contribution < 1.29 is 18.4 Å². The number of para-hydroxylation sites is 1. The summed E-state index contributed by atoms with van der Waals surface area (Å²) >= 11 is 0.393. The standard InChI is InChI=1S/C19H21N3O4S/c1-22(2)12-9-7-6-8-11(12)18(27-23)19-20-15-13(24-3)10-14(25-4)17(26-5)16(15)21-19/h6-10H,1-5H3,(H,20,21). The number of benzene rings is 2. The Morgan fingerprint density at radius 2 is 1.78 bits per heavy atom. The first kappa shape index (κ1) is 18.8. The van der Waals surface area contributed by atoms with E-state index in [1.54, 1.807) is 27.4 Å². The number of hydrogen-bond donors (Lipinski definition) is 1. The molecule has 1 N–H and O–H groups in total. The summed E-state index contributed by atoms with van der Waals surface area (Å²) in [7, 11) is 8.53. The van der Waals surface area contributed by atoms with Crippen LogP contribution >= 0.6 is 0 Å². The molecule has 0 fully saturated rings. The van der Waals surface area contributed by atoms with Gasteiger partial charge in [-0.3, -0.25) is 0 Å². The van der Waals surface area contributed by atoms with Gasteiger partial charge in [0.25, 0.3) is 0 Å². The number of H-pyrrole nitrogens is 1. The predicted molar refractivity (Wildman–Crippen MR) is 108 cm³/mol. The second-order valence-corrected chi connectivity index (χ2v) is 6.52. The number of aromatic nitrogens is 2. The van der Waals surface area contributed by atoms with Crippen molar-refractivity contribution in [2.24, 2.45) is 0 Å². The van der Waals surface area contributed by atoms with Crippen molar-refractivity contribution in [3.63, 3.8) is 0 Å². The average Bonchev–Trinajstić information content (AvgIpc) is 3.12. The van der Waals surface area contributed by atoms with Gasteiger partial charge in [-0.25, -0.2) is 9.19 Å². The summed E-state index contributed by atoms with van der Waals surface area (Å²) in [5.41, 5.74) is 2.90. The Kier molecular flexibility index (Phi) is 5.36. The largest absolute Gasteiger partial charge is 0.494 e. The lowest BCUT2D eigenvalue weighted by molar-refractivity contribution is 0.353. The van der Waals surface area contributed by atoms with Gasteiger partial charge in [-0.15, -0.1) is 0 Å². The molecule has 1 aromatic heterocycles. The molecule has 0 saturated carbocycles. The van der Waals surface area contributed by atoms with Crippen molar-refractivity contribution in [3.8, 4) is 17.2 Å². The summed E-state index contributed by atoms with van der Waals surface area (Å²) in [4.78, 5) is 10.3. The number of rotatable bonds is 6. The van der Waals surface area contributed by atoms with Crippen molar-refractivity contribution in [2.45, 2.75) is 0 Å². The van der Waals surface area contributed by atoms with Gasteiger partial charge in [0, 0.05) is 31.4 Å². The molecule has 2 aromatic carbocycles. The number of hydrogen-bond acceptors (Lipinski definition) is 6. The van der Waals surface area contributed by atoms with Crippen LogP contribution in [0.3, 0.4) is 0 Å². The quantitative estimate of drug-likeness (QED) is 0.517. The molecular formula is C19H21N3O4S. The summed E-state index contributed by atoms with van der Waals surface area (Å²) in [5, 5.41) is 0. The van der Waals surface area contributed by atoms with Crippen LogP contribution < -0.4 is 19.1 Å². The highest BCUT2D eigenvalue weighted by atomic mass is 32.1. The third-order valence-electron chi connectivity index (χ3n) is 4.22. The number of anilines is 1. The zero-order chi connectivity index (χ0) is 19.6. The van der Waals surface area contributed by atoms with Crippen LogP contribution in [0.1, 0.15) is 11.4 Å². The second-order valence-electron chi connectivity index (χ2n) is 5.95. The number of imidazole rings is 1. The van der Waals surface area contributed by atoms with Crippen molar-refractivity contribution in [3.05, 3.63) is 41.7 Å². The fraction of sp³-hybridized carbons (Fsp3) is 0.263. The normalized spacial score (nSPS) is 10.6. The van der Waals surface area contributed by atoms with E-state index in [2.05, 4.69) is 9.97 Å². The molecule has 0 bridgehead atoms. The molecule has 27 heavy (non-hydrogen) atoms. The van der Waals surface area contributed by atoms with Crippen LogP contribution in [-0.2, 0) is 11.3 Å². The Hall–Kier alpha value is -3.00. The van der Waals surface area contributed by atoms with E-state index in [0.29, 0.717) is 50.2 Å². The SMILES string of the molecule is COc1cc(OC)c2[nH]c(C(=S=O)c3ccccc3N(C)C)nc2c1OC. The van der Waals surface area contributed by atoms with Gasteiger partial charge in [0.05, 0.1) is 21.3 Å². The molecule has 7 nitrogen and oxygen atoms in total. The molecule has 0 atom stereocenters. The Labute approximate surface area is 160 Å². The Bertz CT molecular complexity index is 1040. The number of nitrogens with one attached hydrogen (secondary N) is 1. The van der Waals surface area contributed by atoms with E-state index < -0.39 is 0 Å². The molecule has 3 aromatic rings. The molecular weight excluding hydrogens is 366 g/mol. The first-order valence-corrected chi connectivity index (χ1v) is 8.92. The first-order chi connectivity index (χ1) is 13.0. The van der Waals surface area contributed by atoms with Crippen molar-refractivity contribution in [1.82, 2.24) is 9.97 Å². The van der Waals surface area contributed by atoms with Crippen LogP contribution in [0.2, 0.25) is 0 Å². The lowest BCUT2D eigenvalue weighted by Gasteiger charge is -2.16. The van der Waals surface area contributed by atoms with Gasteiger partial charge < -0.3 is 24.1 Å².